The van der Waals surface area contributed by atoms with Crippen LogP contribution in [0.3, 0.4) is 0 Å². The molecule has 47 heavy (non-hydrogen) atoms. The second kappa shape index (κ2) is 19.2. The maximum atomic E-state index is 14.0. The molecule has 1 amide bonds. The van der Waals surface area contributed by atoms with Crippen LogP contribution >= 0.6 is 0 Å². The molecule has 0 heterocycles. The first kappa shape index (κ1) is 36.9. The molecule has 0 atom stereocenters. The highest BCUT2D eigenvalue weighted by molar-refractivity contribution is 6.27. The molecule has 3 N–H and O–H groups in total. The van der Waals surface area contributed by atoms with Crippen molar-refractivity contribution in [1.29, 1.82) is 0 Å². The van der Waals surface area contributed by atoms with Crippen LogP contribution in [-0.4, -0.2) is 68.5 Å². The van der Waals surface area contributed by atoms with Gasteiger partial charge in [-0.25, -0.2) is 9.59 Å². The molecular weight excluding hydrogens is 600 g/mol. The average molecular weight is 649 g/mol. The summed E-state index contributed by atoms with van der Waals surface area (Å²) in [5.41, 5.74) is 5.53. The van der Waals surface area contributed by atoms with Crippen molar-refractivity contribution in [2.75, 3.05) is 45.4 Å². The van der Waals surface area contributed by atoms with Crippen LogP contribution < -0.4 is 24.4 Å². The first-order valence-corrected chi connectivity index (χ1v) is 16.2. The number of carbonyl (C=O) groups is 3. The van der Waals surface area contributed by atoms with Crippen molar-refractivity contribution in [3.05, 3.63) is 82.9 Å². The van der Waals surface area contributed by atoms with Crippen molar-refractivity contribution in [2.24, 2.45) is 5.92 Å². The molecule has 0 radical (unpaired) electrons. The molecule has 10 nitrogen and oxygen atoms in total. The third kappa shape index (κ3) is 11.6. The van der Waals surface area contributed by atoms with E-state index in [0.29, 0.717) is 19.1 Å². The van der Waals surface area contributed by atoms with E-state index < -0.39 is 11.9 Å². The molecule has 0 unspecified atom stereocenters. The van der Waals surface area contributed by atoms with Crippen molar-refractivity contribution in [2.45, 2.75) is 58.8 Å². The first-order chi connectivity index (χ1) is 22.6. The van der Waals surface area contributed by atoms with Crippen LogP contribution in [0.5, 0.6) is 17.2 Å². The lowest BCUT2D eigenvalue weighted by Crippen LogP contribution is -2.34. The van der Waals surface area contributed by atoms with E-state index in [9.17, 15) is 4.79 Å². The average Bonchev–Trinajstić information content (AvgIpc) is 3.08. The van der Waals surface area contributed by atoms with Gasteiger partial charge in [0.15, 0.2) is 11.5 Å². The lowest BCUT2D eigenvalue weighted by Gasteiger charge is -2.26. The SMILES string of the molecule is COc1ccc(CCCNCCCN(C(=O)c2ccc3c(c2)CCCC3)c2ccccc2OCC(C)C)cc1OC.O=C(O)C(=O)O. The third-order valence-electron chi connectivity index (χ3n) is 7.75. The Kier molecular flexibility index (Phi) is 15.1. The zero-order valence-corrected chi connectivity index (χ0v) is 27.9. The van der Waals surface area contributed by atoms with Crippen molar-refractivity contribution in [3.8, 4) is 17.2 Å². The standard InChI is InChI=1S/C35H46N2O4.C2H2O4/c1-26(2)25-41-32-15-8-7-14-31(32)37(35(38)30-18-17-28-12-5-6-13-29(28)24-30)22-10-21-36-20-9-11-27-16-19-33(39-3)34(23-27)40-4;3-1(4)2(5)6/h7-8,14-19,23-24,26,36H,5-6,9-13,20-22,25H2,1-4H3;(H,3,4)(H,5,6). The maximum absolute atomic E-state index is 14.0. The van der Waals surface area contributed by atoms with Gasteiger partial charge >= 0.3 is 11.9 Å². The number of para-hydroxylation sites is 2. The summed E-state index contributed by atoms with van der Waals surface area (Å²) in [7, 11) is 3.32. The number of carboxylic acids is 2. The van der Waals surface area contributed by atoms with E-state index in [1.165, 1.54) is 29.5 Å². The van der Waals surface area contributed by atoms with E-state index in [0.717, 1.165) is 73.7 Å². The summed E-state index contributed by atoms with van der Waals surface area (Å²) in [6, 6.07) is 20.3. The van der Waals surface area contributed by atoms with Gasteiger partial charge < -0.3 is 34.6 Å². The normalized spacial score (nSPS) is 11.9. The number of anilines is 1. The number of hydrogen-bond donors (Lipinski definition) is 3. The zero-order valence-electron chi connectivity index (χ0n) is 27.9. The Bertz CT molecular complexity index is 1460. The number of amides is 1. The van der Waals surface area contributed by atoms with E-state index in [-0.39, 0.29) is 5.91 Å². The number of carbonyl (C=O) groups excluding carboxylic acids is 1. The quantitative estimate of drug-likeness (QED) is 0.133. The van der Waals surface area contributed by atoms with Gasteiger partial charge in [0, 0.05) is 12.1 Å². The van der Waals surface area contributed by atoms with Gasteiger partial charge in [0.1, 0.15) is 5.75 Å². The Morgan fingerprint density at radius 2 is 1.49 bits per heavy atom. The Hall–Kier alpha value is -4.57. The molecule has 1 aliphatic carbocycles. The molecule has 3 aromatic rings. The highest BCUT2D eigenvalue weighted by Gasteiger charge is 2.22. The summed E-state index contributed by atoms with van der Waals surface area (Å²) < 4.78 is 16.9. The molecule has 254 valence electrons. The van der Waals surface area contributed by atoms with Gasteiger partial charge in [-0.05, 0) is 117 Å². The minimum atomic E-state index is -1.82. The number of aryl methyl sites for hydroxylation is 3. The van der Waals surface area contributed by atoms with Gasteiger partial charge in [-0.3, -0.25) is 4.79 Å². The lowest BCUT2D eigenvalue weighted by atomic mass is 9.90. The van der Waals surface area contributed by atoms with Crippen molar-refractivity contribution in [1.82, 2.24) is 5.32 Å². The van der Waals surface area contributed by atoms with E-state index in [1.807, 2.05) is 47.4 Å². The smallest absolute Gasteiger partial charge is 0.414 e. The molecule has 0 saturated heterocycles. The van der Waals surface area contributed by atoms with E-state index >= 15 is 0 Å². The van der Waals surface area contributed by atoms with Gasteiger partial charge in [-0.1, -0.05) is 38.1 Å². The topological polar surface area (TPSA) is 135 Å². The van der Waals surface area contributed by atoms with Crippen molar-refractivity contribution < 1.29 is 38.8 Å². The largest absolute Gasteiger partial charge is 0.493 e. The number of hydrogen-bond acceptors (Lipinski definition) is 7. The van der Waals surface area contributed by atoms with E-state index in [4.69, 9.17) is 34.0 Å². The van der Waals surface area contributed by atoms with Crippen LogP contribution in [-0.2, 0) is 28.9 Å². The number of nitrogens with one attached hydrogen (secondary N) is 1. The van der Waals surface area contributed by atoms with E-state index in [1.54, 1.807) is 14.2 Å². The van der Waals surface area contributed by atoms with Gasteiger partial charge in [0.2, 0.25) is 0 Å². The fourth-order valence-corrected chi connectivity index (χ4v) is 5.35. The van der Waals surface area contributed by atoms with Crippen LogP contribution in [0.15, 0.2) is 60.7 Å². The van der Waals surface area contributed by atoms with Crippen molar-refractivity contribution in [3.63, 3.8) is 0 Å². The summed E-state index contributed by atoms with van der Waals surface area (Å²) in [4.78, 5) is 34.1. The number of rotatable bonds is 15. The number of fused-ring (bicyclic) bond motifs is 1. The zero-order chi connectivity index (χ0) is 34.2. The predicted octanol–water partition coefficient (Wildman–Crippen LogP) is 6.03. The molecule has 0 aliphatic heterocycles. The molecule has 0 saturated carbocycles. The Balaban J connectivity index is 0.000000913. The minimum absolute atomic E-state index is 0.0347. The maximum Gasteiger partial charge on any atom is 0.414 e. The van der Waals surface area contributed by atoms with Crippen LogP contribution in [0.2, 0.25) is 0 Å². The number of carboxylic acid groups (broad SMARTS) is 2. The summed E-state index contributed by atoms with van der Waals surface area (Å²) in [6.07, 6.45) is 7.39. The molecule has 0 fully saturated rings. The van der Waals surface area contributed by atoms with Gasteiger partial charge in [-0.2, -0.15) is 0 Å². The molecule has 4 rings (SSSR count). The lowest BCUT2D eigenvalue weighted by molar-refractivity contribution is -0.159. The third-order valence-corrected chi connectivity index (χ3v) is 7.75. The molecule has 0 bridgehead atoms. The predicted molar refractivity (Wildman–Crippen MR) is 182 cm³/mol. The minimum Gasteiger partial charge on any atom is -0.493 e. The molecule has 10 heteroatoms. The molecular formula is C37H48N2O8. The van der Waals surface area contributed by atoms with Gasteiger partial charge in [-0.15, -0.1) is 0 Å². The number of aliphatic carboxylic acids is 2. The number of methoxy groups -OCH3 is 2. The highest BCUT2D eigenvalue weighted by atomic mass is 16.5. The molecule has 1 aliphatic rings. The van der Waals surface area contributed by atoms with Gasteiger partial charge in [0.05, 0.1) is 26.5 Å². The number of ether oxygens (including phenoxy) is 3. The molecule has 0 aromatic heterocycles. The summed E-state index contributed by atoms with van der Waals surface area (Å²) in [5, 5.41) is 18.3. The second-order valence-electron chi connectivity index (χ2n) is 11.8. The highest BCUT2D eigenvalue weighted by Crippen LogP contribution is 2.31. The summed E-state index contributed by atoms with van der Waals surface area (Å²) >= 11 is 0. The van der Waals surface area contributed by atoms with E-state index in [2.05, 4.69) is 37.4 Å². The number of benzene rings is 3. The van der Waals surface area contributed by atoms with Crippen LogP contribution in [0.1, 0.15) is 66.6 Å². The number of nitrogens with zero attached hydrogens (tertiary/aromatic N) is 1. The fourth-order valence-electron chi connectivity index (χ4n) is 5.35. The van der Waals surface area contributed by atoms with Crippen LogP contribution in [0, 0.1) is 5.92 Å². The Labute approximate surface area is 277 Å². The van der Waals surface area contributed by atoms with Gasteiger partial charge in [0.25, 0.3) is 5.91 Å². The molecule has 3 aromatic carbocycles. The Morgan fingerprint density at radius 3 is 2.17 bits per heavy atom. The fraction of sp³-hybridized carbons (Fsp3) is 0.432. The Morgan fingerprint density at radius 1 is 0.809 bits per heavy atom. The summed E-state index contributed by atoms with van der Waals surface area (Å²) in [5.74, 6) is -0.941. The molecule has 0 spiro atoms. The summed E-state index contributed by atoms with van der Waals surface area (Å²) in [6.45, 7) is 7.22. The van der Waals surface area contributed by atoms with Crippen LogP contribution in [0.4, 0.5) is 5.69 Å². The van der Waals surface area contributed by atoms with Crippen LogP contribution in [0.25, 0.3) is 0 Å². The monoisotopic (exact) mass is 648 g/mol. The van der Waals surface area contributed by atoms with Crippen molar-refractivity contribution >= 4 is 23.5 Å². The second-order valence-corrected chi connectivity index (χ2v) is 11.8. The first-order valence-electron chi connectivity index (χ1n) is 16.2.